The van der Waals surface area contributed by atoms with Crippen molar-refractivity contribution in [1.29, 1.82) is 0 Å². The fourth-order valence-corrected chi connectivity index (χ4v) is 1.81. The van der Waals surface area contributed by atoms with Gasteiger partial charge in [-0.1, -0.05) is 6.07 Å². The fourth-order valence-electron chi connectivity index (χ4n) is 1.81. The molecule has 0 aliphatic carbocycles. The highest BCUT2D eigenvalue weighted by Gasteiger charge is 2.04. The highest BCUT2D eigenvalue weighted by Crippen LogP contribution is 2.27. The summed E-state index contributed by atoms with van der Waals surface area (Å²) in [5, 5.41) is 6.10. The average molecular weight is 280 g/mol. The summed E-state index contributed by atoms with van der Waals surface area (Å²) in [6, 6.07) is 5.92. The molecule has 5 nitrogen and oxygen atoms in total. The number of ether oxygens (including phenoxy) is 2. The lowest BCUT2D eigenvalue weighted by atomic mass is 10.2. The molecule has 5 heteroatoms. The third-order valence-corrected chi connectivity index (χ3v) is 2.76. The van der Waals surface area contributed by atoms with Gasteiger partial charge in [0.2, 0.25) is 5.91 Å². The normalized spacial score (nSPS) is 10.2. The predicted octanol–water partition coefficient (Wildman–Crippen LogP) is 1.71. The second kappa shape index (κ2) is 9.20. The summed E-state index contributed by atoms with van der Waals surface area (Å²) < 4.78 is 10.8. The summed E-state index contributed by atoms with van der Waals surface area (Å²) in [6.45, 7) is 6.42. The molecule has 0 bridgehead atoms. The Morgan fingerprint density at radius 3 is 2.70 bits per heavy atom. The quantitative estimate of drug-likeness (QED) is 0.676. The Hall–Kier alpha value is -1.75. The van der Waals surface area contributed by atoms with E-state index in [9.17, 15) is 4.79 Å². The lowest BCUT2D eigenvalue weighted by Crippen LogP contribution is -2.24. The molecule has 2 N–H and O–H groups in total. The van der Waals surface area contributed by atoms with Crippen LogP contribution in [-0.2, 0) is 11.3 Å². The predicted molar refractivity (Wildman–Crippen MR) is 79.2 cm³/mol. The monoisotopic (exact) mass is 280 g/mol. The first-order chi connectivity index (χ1) is 9.67. The molecule has 1 aromatic rings. The maximum atomic E-state index is 10.7. The lowest BCUT2D eigenvalue weighted by Gasteiger charge is -2.11. The van der Waals surface area contributed by atoms with Gasteiger partial charge in [0.25, 0.3) is 0 Å². The first-order valence-electron chi connectivity index (χ1n) is 6.92. The zero-order valence-electron chi connectivity index (χ0n) is 12.5. The van der Waals surface area contributed by atoms with E-state index >= 15 is 0 Å². The van der Waals surface area contributed by atoms with E-state index in [0.29, 0.717) is 13.2 Å². The van der Waals surface area contributed by atoms with Gasteiger partial charge >= 0.3 is 0 Å². The van der Waals surface area contributed by atoms with E-state index < -0.39 is 0 Å². The first-order valence-corrected chi connectivity index (χ1v) is 6.92. The van der Waals surface area contributed by atoms with Gasteiger partial charge in [0.1, 0.15) is 0 Å². The maximum absolute atomic E-state index is 10.7. The molecule has 0 aromatic heterocycles. The topological polar surface area (TPSA) is 59.6 Å². The maximum Gasteiger partial charge on any atom is 0.216 e. The van der Waals surface area contributed by atoms with Crippen molar-refractivity contribution in [3.05, 3.63) is 23.8 Å². The van der Waals surface area contributed by atoms with Crippen molar-refractivity contribution in [2.75, 3.05) is 26.8 Å². The Morgan fingerprint density at radius 1 is 1.25 bits per heavy atom. The van der Waals surface area contributed by atoms with Crippen molar-refractivity contribution in [3.8, 4) is 11.5 Å². The number of rotatable bonds is 9. The molecule has 0 saturated carbocycles. The average Bonchev–Trinajstić information content (AvgIpc) is 2.43. The minimum absolute atomic E-state index is 0.0153. The number of carbonyl (C=O) groups excluding carboxylic acids is 1. The van der Waals surface area contributed by atoms with Gasteiger partial charge in [-0.25, -0.2) is 0 Å². The number of benzene rings is 1. The van der Waals surface area contributed by atoms with Gasteiger partial charge in [-0.05, 0) is 37.6 Å². The van der Waals surface area contributed by atoms with Crippen LogP contribution in [0.1, 0.15) is 25.8 Å². The van der Waals surface area contributed by atoms with Crippen molar-refractivity contribution in [1.82, 2.24) is 10.6 Å². The van der Waals surface area contributed by atoms with Crippen LogP contribution in [0, 0.1) is 0 Å². The van der Waals surface area contributed by atoms with E-state index in [4.69, 9.17) is 9.47 Å². The van der Waals surface area contributed by atoms with E-state index in [1.807, 2.05) is 25.1 Å². The van der Waals surface area contributed by atoms with Gasteiger partial charge in [-0.2, -0.15) is 0 Å². The van der Waals surface area contributed by atoms with Crippen molar-refractivity contribution >= 4 is 5.91 Å². The molecule has 1 amide bonds. The minimum atomic E-state index is 0.0153. The van der Waals surface area contributed by atoms with E-state index in [-0.39, 0.29) is 5.91 Å². The van der Waals surface area contributed by atoms with Crippen LogP contribution in [0.4, 0.5) is 0 Å². The highest BCUT2D eigenvalue weighted by atomic mass is 16.5. The molecular weight excluding hydrogens is 256 g/mol. The summed E-state index contributed by atoms with van der Waals surface area (Å²) in [5.41, 5.74) is 1.15. The minimum Gasteiger partial charge on any atom is -0.493 e. The van der Waals surface area contributed by atoms with Gasteiger partial charge in [-0.3, -0.25) is 4.79 Å². The Bertz CT molecular complexity index is 422. The Balaban J connectivity index is 2.36. The van der Waals surface area contributed by atoms with Gasteiger partial charge in [0.15, 0.2) is 11.5 Å². The zero-order valence-corrected chi connectivity index (χ0v) is 12.5. The smallest absolute Gasteiger partial charge is 0.216 e. The van der Waals surface area contributed by atoms with Crippen LogP contribution in [0.25, 0.3) is 0 Å². The highest BCUT2D eigenvalue weighted by molar-refractivity contribution is 5.72. The standard InChI is InChI=1S/C15H24N2O3/c1-4-20-15-10-13(6-7-14(15)19-3)11-16-8-5-9-17-12(2)18/h6-7,10,16H,4-5,8-9,11H2,1-3H3,(H,17,18). The van der Waals surface area contributed by atoms with Crippen LogP contribution in [0.5, 0.6) is 11.5 Å². The number of carbonyl (C=O) groups is 1. The number of hydrogen-bond donors (Lipinski definition) is 2. The molecule has 0 atom stereocenters. The van der Waals surface area contributed by atoms with E-state index in [0.717, 1.165) is 36.6 Å². The van der Waals surface area contributed by atoms with Crippen LogP contribution in [-0.4, -0.2) is 32.7 Å². The van der Waals surface area contributed by atoms with Crippen molar-refractivity contribution in [3.63, 3.8) is 0 Å². The molecule has 0 unspecified atom stereocenters. The summed E-state index contributed by atoms with van der Waals surface area (Å²) >= 11 is 0. The second-order valence-corrected chi connectivity index (χ2v) is 4.43. The van der Waals surface area contributed by atoms with Crippen LogP contribution < -0.4 is 20.1 Å². The fraction of sp³-hybridized carbons (Fsp3) is 0.533. The second-order valence-electron chi connectivity index (χ2n) is 4.43. The Kier molecular flexibility index (Phi) is 7.50. The molecule has 0 radical (unpaired) electrons. The number of methoxy groups -OCH3 is 1. The first kappa shape index (κ1) is 16.3. The van der Waals surface area contributed by atoms with E-state index in [1.54, 1.807) is 7.11 Å². The molecule has 20 heavy (non-hydrogen) atoms. The molecule has 0 spiro atoms. The van der Waals surface area contributed by atoms with Crippen molar-refractivity contribution in [2.45, 2.75) is 26.8 Å². The lowest BCUT2D eigenvalue weighted by molar-refractivity contribution is -0.118. The van der Waals surface area contributed by atoms with Crippen LogP contribution in [0.15, 0.2) is 18.2 Å². The molecule has 1 aromatic carbocycles. The van der Waals surface area contributed by atoms with Gasteiger partial charge < -0.3 is 20.1 Å². The largest absolute Gasteiger partial charge is 0.493 e. The summed E-state index contributed by atoms with van der Waals surface area (Å²) in [7, 11) is 1.64. The van der Waals surface area contributed by atoms with E-state index in [1.165, 1.54) is 6.92 Å². The molecule has 112 valence electrons. The SMILES string of the molecule is CCOc1cc(CNCCCNC(C)=O)ccc1OC. The van der Waals surface area contributed by atoms with Gasteiger partial charge in [0.05, 0.1) is 13.7 Å². The summed E-state index contributed by atoms with van der Waals surface area (Å²) in [6.07, 6.45) is 0.911. The Labute approximate surface area is 120 Å². The van der Waals surface area contributed by atoms with Gasteiger partial charge in [0, 0.05) is 20.0 Å². The summed E-state index contributed by atoms with van der Waals surface area (Å²) in [5.74, 6) is 1.54. The number of hydrogen-bond acceptors (Lipinski definition) is 4. The van der Waals surface area contributed by atoms with Gasteiger partial charge in [-0.15, -0.1) is 0 Å². The molecule has 0 aliphatic rings. The number of amides is 1. The third-order valence-electron chi connectivity index (χ3n) is 2.76. The van der Waals surface area contributed by atoms with Crippen molar-refractivity contribution < 1.29 is 14.3 Å². The Morgan fingerprint density at radius 2 is 2.05 bits per heavy atom. The molecule has 0 saturated heterocycles. The molecule has 1 rings (SSSR count). The van der Waals surface area contributed by atoms with Crippen LogP contribution >= 0.6 is 0 Å². The summed E-state index contributed by atoms with van der Waals surface area (Å²) in [4.78, 5) is 10.7. The van der Waals surface area contributed by atoms with E-state index in [2.05, 4.69) is 10.6 Å². The molecule has 0 fully saturated rings. The third kappa shape index (κ3) is 5.93. The van der Waals surface area contributed by atoms with Crippen molar-refractivity contribution in [2.24, 2.45) is 0 Å². The molecule has 0 heterocycles. The molecule has 0 aliphatic heterocycles. The molecular formula is C15H24N2O3. The zero-order chi connectivity index (χ0) is 14.8. The van der Waals surface area contributed by atoms with Crippen LogP contribution in [0.2, 0.25) is 0 Å². The number of nitrogens with one attached hydrogen (secondary N) is 2. The van der Waals surface area contributed by atoms with Crippen LogP contribution in [0.3, 0.4) is 0 Å².